The van der Waals surface area contributed by atoms with Gasteiger partial charge in [0.1, 0.15) is 5.82 Å². The summed E-state index contributed by atoms with van der Waals surface area (Å²) in [5.41, 5.74) is 3.21. The molecule has 1 heterocycles. The lowest BCUT2D eigenvalue weighted by molar-refractivity contribution is 0.0644. The number of halogens is 2. The first-order valence-electron chi connectivity index (χ1n) is 8.55. The van der Waals surface area contributed by atoms with Gasteiger partial charge in [-0.3, -0.25) is 0 Å². The van der Waals surface area contributed by atoms with E-state index in [1.54, 1.807) is 23.9 Å². The van der Waals surface area contributed by atoms with Gasteiger partial charge in [0.25, 0.3) is 0 Å². The number of benzene rings is 2. The maximum atomic E-state index is 13.2. The molecule has 1 atom stereocenters. The summed E-state index contributed by atoms with van der Waals surface area (Å²) >= 11 is 6.36. The molecular formula is C20H21ClFN3O2. The van der Waals surface area contributed by atoms with Crippen molar-refractivity contribution in [1.29, 1.82) is 0 Å². The molecule has 2 N–H and O–H groups in total. The van der Waals surface area contributed by atoms with E-state index in [2.05, 4.69) is 10.4 Å². The second-order valence-electron chi connectivity index (χ2n) is 6.14. The van der Waals surface area contributed by atoms with Crippen LogP contribution in [0.3, 0.4) is 0 Å². The molecule has 0 amide bonds. The average molecular weight is 390 g/mol. The van der Waals surface area contributed by atoms with Crippen molar-refractivity contribution in [3.63, 3.8) is 0 Å². The summed E-state index contributed by atoms with van der Waals surface area (Å²) in [6.45, 7) is 1.14. The Hall–Kier alpha value is -2.25. The fourth-order valence-corrected chi connectivity index (χ4v) is 3.00. The monoisotopic (exact) mass is 389 g/mol. The van der Waals surface area contributed by atoms with Crippen LogP contribution >= 0.6 is 11.6 Å². The van der Waals surface area contributed by atoms with Crippen LogP contribution < -0.4 is 5.32 Å². The Morgan fingerprint density at radius 3 is 2.67 bits per heavy atom. The van der Waals surface area contributed by atoms with Crippen LogP contribution in [-0.2, 0) is 11.3 Å². The highest BCUT2D eigenvalue weighted by atomic mass is 35.5. The highest BCUT2D eigenvalue weighted by molar-refractivity contribution is 6.33. The molecule has 0 aliphatic rings. The number of hydrogen-bond donors (Lipinski definition) is 2. The lowest BCUT2D eigenvalue weighted by atomic mass is 10.1. The average Bonchev–Trinajstić information content (AvgIpc) is 3.07. The summed E-state index contributed by atoms with van der Waals surface area (Å²) in [7, 11) is 1.55. The summed E-state index contributed by atoms with van der Waals surface area (Å²) in [4.78, 5) is 0. The molecule has 27 heavy (non-hydrogen) atoms. The van der Waals surface area contributed by atoms with E-state index in [9.17, 15) is 9.50 Å². The van der Waals surface area contributed by atoms with Crippen LogP contribution in [0.15, 0.2) is 54.7 Å². The molecule has 0 unspecified atom stereocenters. The number of aromatic nitrogens is 2. The lowest BCUT2D eigenvalue weighted by Gasteiger charge is -2.10. The van der Waals surface area contributed by atoms with Gasteiger partial charge >= 0.3 is 0 Å². The SMILES string of the molecule is COC[C@H](O)CNCc1cn(-c2ccc(F)cc2)nc1-c1ccccc1Cl. The minimum Gasteiger partial charge on any atom is -0.389 e. The minimum absolute atomic E-state index is 0.263. The van der Waals surface area contributed by atoms with Gasteiger partial charge in [0.05, 0.1) is 29.1 Å². The predicted octanol–water partition coefficient (Wildman–Crippen LogP) is 3.43. The van der Waals surface area contributed by atoms with Crippen molar-refractivity contribution in [3.8, 4) is 16.9 Å². The van der Waals surface area contributed by atoms with E-state index in [1.807, 2.05) is 30.5 Å². The smallest absolute Gasteiger partial charge is 0.123 e. The van der Waals surface area contributed by atoms with Gasteiger partial charge in [-0.2, -0.15) is 5.10 Å². The van der Waals surface area contributed by atoms with Gasteiger partial charge in [-0.15, -0.1) is 0 Å². The van der Waals surface area contributed by atoms with Gasteiger partial charge < -0.3 is 15.2 Å². The maximum absolute atomic E-state index is 13.2. The molecule has 5 nitrogen and oxygen atoms in total. The van der Waals surface area contributed by atoms with Crippen molar-refractivity contribution in [2.75, 3.05) is 20.3 Å². The quantitative estimate of drug-likeness (QED) is 0.619. The minimum atomic E-state index is -0.592. The van der Waals surface area contributed by atoms with Crippen LogP contribution in [0.4, 0.5) is 4.39 Å². The molecule has 142 valence electrons. The molecule has 1 aromatic heterocycles. The van der Waals surface area contributed by atoms with E-state index in [4.69, 9.17) is 16.3 Å². The Morgan fingerprint density at radius 2 is 1.96 bits per heavy atom. The van der Waals surface area contributed by atoms with E-state index in [0.717, 1.165) is 22.5 Å². The number of nitrogens with zero attached hydrogens (tertiary/aromatic N) is 2. The van der Waals surface area contributed by atoms with Gasteiger partial charge in [-0.05, 0) is 30.3 Å². The topological polar surface area (TPSA) is 59.3 Å². The predicted molar refractivity (Wildman–Crippen MR) is 104 cm³/mol. The first-order valence-corrected chi connectivity index (χ1v) is 8.93. The summed E-state index contributed by atoms with van der Waals surface area (Å²) < 4.78 is 19.8. The summed E-state index contributed by atoms with van der Waals surface area (Å²) in [6.07, 6.45) is 1.28. The van der Waals surface area contributed by atoms with Crippen molar-refractivity contribution < 1.29 is 14.2 Å². The number of methoxy groups -OCH3 is 1. The lowest BCUT2D eigenvalue weighted by Crippen LogP contribution is -2.29. The normalized spacial score (nSPS) is 12.3. The van der Waals surface area contributed by atoms with Gasteiger partial charge in [0.15, 0.2) is 0 Å². The Balaban J connectivity index is 1.89. The second kappa shape index (κ2) is 9.10. The van der Waals surface area contributed by atoms with Gasteiger partial charge in [-0.25, -0.2) is 9.07 Å². The van der Waals surface area contributed by atoms with Crippen molar-refractivity contribution >= 4 is 11.6 Å². The molecule has 3 aromatic rings. The van der Waals surface area contributed by atoms with Crippen LogP contribution in [0.1, 0.15) is 5.56 Å². The Labute approximate surface area is 162 Å². The third kappa shape index (κ3) is 4.93. The molecule has 0 radical (unpaired) electrons. The highest BCUT2D eigenvalue weighted by Gasteiger charge is 2.15. The zero-order valence-electron chi connectivity index (χ0n) is 14.9. The maximum Gasteiger partial charge on any atom is 0.123 e. The number of ether oxygens (including phenoxy) is 1. The van der Waals surface area contributed by atoms with Crippen molar-refractivity contribution in [3.05, 3.63) is 71.1 Å². The first kappa shape index (κ1) is 19.5. The fourth-order valence-electron chi connectivity index (χ4n) is 2.77. The molecule has 0 aliphatic carbocycles. The number of rotatable bonds is 8. The molecule has 0 saturated heterocycles. The fraction of sp³-hybridized carbons (Fsp3) is 0.250. The number of nitrogens with one attached hydrogen (secondary N) is 1. The zero-order chi connectivity index (χ0) is 19.2. The van der Waals surface area contributed by atoms with E-state index < -0.39 is 6.10 Å². The van der Waals surface area contributed by atoms with E-state index >= 15 is 0 Å². The van der Waals surface area contributed by atoms with Gasteiger partial charge in [0, 0.05) is 37.5 Å². The third-order valence-corrected chi connectivity index (χ3v) is 4.39. The first-order chi connectivity index (χ1) is 13.1. The Morgan fingerprint density at radius 1 is 1.22 bits per heavy atom. The number of hydrogen-bond acceptors (Lipinski definition) is 4. The molecule has 7 heteroatoms. The van der Waals surface area contributed by atoms with E-state index in [-0.39, 0.29) is 12.4 Å². The standard InChI is InChI=1S/C20H21ClFN3O2/c1-27-13-17(26)11-23-10-14-12-25(16-8-6-15(22)7-9-16)24-20(14)18-4-2-3-5-19(18)21/h2-9,12,17,23,26H,10-11,13H2,1H3/t17-/m1/s1. The highest BCUT2D eigenvalue weighted by Crippen LogP contribution is 2.30. The number of aliphatic hydroxyl groups excluding tert-OH is 1. The Bertz CT molecular complexity index is 883. The van der Waals surface area contributed by atoms with Crippen LogP contribution in [0.25, 0.3) is 16.9 Å². The molecular weight excluding hydrogens is 369 g/mol. The van der Waals surface area contributed by atoms with Crippen LogP contribution in [0.2, 0.25) is 5.02 Å². The van der Waals surface area contributed by atoms with Crippen molar-refractivity contribution in [1.82, 2.24) is 15.1 Å². The van der Waals surface area contributed by atoms with Crippen LogP contribution in [0.5, 0.6) is 0 Å². The molecule has 2 aromatic carbocycles. The summed E-state index contributed by atoms with van der Waals surface area (Å²) in [5, 5.41) is 18.3. The van der Waals surface area contributed by atoms with Gasteiger partial charge in [-0.1, -0.05) is 29.8 Å². The van der Waals surface area contributed by atoms with Crippen LogP contribution in [-0.4, -0.2) is 41.3 Å². The summed E-state index contributed by atoms with van der Waals surface area (Å²) in [6, 6.07) is 13.6. The van der Waals surface area contributed by atoms with Crippen molar-refractivity contribution in [2.45, 2.75) is 12.6 Å². The molecule has 0 aliphatic heterocycles. The largest absolute Gasteiger partial charge is 0.389 e. The van der Waals surface area contributed by atoms with Crippen molar-refractivity contribution in [2.24, 2.45) is 0 Å². The zero-order valence-corrected chi connectivity index (χ0v) is 15.7. The summed E-state index contributed by atoms with van der Waals surface area (Å²) in [5.74, 6) is -0.300. The molecule has 3 rings (SSSR count). The van der Waals surface area contributed by atoms with E-state index in [0.29, 0.717) is 18.1 Å². The van der Waals surface area contributed by atoms with E-state index in [1.165, 1.54) is 12.1 Å². The molecule has 0 fully saturated rings. The second-order valence-corrected chi connectivity index (χ2v) is 6.55. The van der Waals surface area contributed by atoms with Gasteiger partial charge in [0.2, 0.25) is 0 Å². The Kier molecular flexibility index (Phi) is 6.58. The molecule has 0 saturated carbocycles. The molecule has 0 spiro atoms. The third-order valence-electron chi connectivity index (χ3n) is 4.06. The van der Waals surface area contributed by atoms with Crippen LogP contribution in [0, 0.1) is 5.82 Å². The molecule has 0 bridgehead atoms. The number of aliphatic hydroxyl groups is 1.